The lowest BCUT2D eigenvalue weighted by molar-refractivity contribution is -0.146. The molecule has 0 amide bonds. The van der Waals surface area contributed by atoms with E-state index in [4.69, 9.17) is 9.47 Å². The Morgan fingerprint density at radius 3 is 2.66 bits per heavy atom. The number of aliphatic hydroxyl groups is 1. The quantitative estimate of drug-likeness (QED) is 0.304. The average molecular weight is 523 g/mol. The number of fused-ring (bicyclic) bond motifs is 2. The van der Waals surface area contributed by atoms with Gasteiger partial charge in [0.05, 0.1) is 18.3 Å². The Bertz CT molecular complexity index is 894. The van der Waals surface area contributed by atoms with E-state index >= 15 is 0 Å². The molecule has 4 nitrogen and oxygen atoms in total. The molecular formula is C34H50O4. The third-order valence-electron chi connectivity index (χ3n) is 9.14. The van der Waals surface area contributed by atoms with Crippen molar-refractivity contribution in [3.63, 3.8) is 0 Å². The average Bonchev–Trinajstić information content (AvgIpc) is 3.74. The number of allylic oxidation sites excluding steroid dienone is 3. The molecule has 0 radical (unpaired) electrons. The van der Waals surface area contributed by atoms with E-state index in [1.165, 1.54) is 32.1 Å². The highest BCUT2D eigenvalue weighted by Gasteiger charge is 2.38. The number of cyclic esters (lactones) is 1. The molecule has 4 rings (SSSR count). The molecule has 0 aromatic heterocycles. The van der Waals surface area contributed by atoms with Crippen molar-refractivity contribution in [2.75, 3.05) is 0 Å². The fourth-order valence-corrected chi connectivity index (χ4v) is 6.28. The van der Waals surface area contributed by atoms with E-state index in [0.717, 1.165) is 37.7 Å². The number of rotatable bonds is 4. The van der Waals surface area contributed by atoms with Crippen LogP contribution in [0.3, 0.4) is 0 Å². The summed E-state index contributed by atoms with van der Waals surface area (Å²) in [6, 6.07) is 0. The van der Waals surface area contributed by atoms with Gasteiger partial charge in [-0.3, -0.25) is 0 Å². The SMILES string of the molecule is C=C1CCC[C@@H]2CC=CC(C/C=C\C(=O)OC(C(/C=C/C3C=CCCC3)C3CC3)C[C@H](C)C(C)[C@@H](O)C1)O2. The number of carbonyl (C=O) groups excluding carboxylic acids is 1. The summed E-state index contributed by atoms with van der Waals surface area (Å²) in [7, 11) is 0. The minimum atomic E-state index is -0.437. The summed E-state index contributed by atoms with van der Waals surface area (Å²) in [6.45, 7) is 8.62. The maximum atomic E-state index is 13.0. The fourth-order valence-electron chi connectivity index (χ4n) is 6.28. The highest BCUT2D eigenvalue weighted by molar-refractivity contribution is 5.82. The first-order valence-electron chi connectivity index (χ1n) is 15.3. The number of esters is 1. The van der Waals surface area contributed by atoms with Gasteiger partial charge in [-0.05, 0) is 101 Å². The van der Waals surface area contributed by atoms with Crippen molar-refractivity contribution in [3.05, 3.63) is 60.8 Å². The lowest BCUT2D eigenvalue weighted by atomic mass is 9.80. The van der Waals surface area contributed by atoms with Crippen LogP contribution < -0.4 is 0 Å². The molecule has 5 unspecified atom stereocenters. The molecule has 210 valence electrons. The van der Waals surface area contributed by atoms with Crippen LogP contribution in [0.2, 0.25) is 0 Å². The van der Waals surface area contributed by atoms with Gasteiger partial charge in [-0.25, -0.2) is 4.79 Å². The van der Waals surface area contributed by atoms with E-state index in [-0.39, 0.29) is 42.0 Å². The molecule has 2 heterocycles. The summed E-state index contributed by atoms with van der Waals surface area (Å²) in [5.41, 5.74) is 1.12. The normalized spacial score (nSPS) is 37.8. The minimum absolute atomic E-state index is 0.00377. The van der Waals surface area contributed by atoms with Crippen LogP contribution in [0.15, 0.2) is 60.8 Å². The number of aliphatic hydroxyl groups excluding tert-OH is 1. The Kier molecular flexibility index (Phi) is 11.1. The van der Waals surface area contributed by atoms with E-state index in [1.807, 2.05) is 6.08 Å². The molecule has 1 fully saturated rings. The predicted molar refractivity (Wildman–Crippen MR) is 154 cm³/mol. The van der Waals surface area contributed by atoms with Crippen molar-refractivity contribution in [1.82, 2.24) is 0 Å². The third kappa shape index (κ3) is 9.09. The van der Waals surface area contributed by atoms with Crippen molar-refractivity contribution < 1.29 is 19.4 Å². The molecule has 0 saturated heterocycles. The molecule has 0 spiro atoms. The van der Waals surface area contributed by atoms with Gasteiger partial charge in [0.25, 0.3) is 0 Å². The van der Waals surface area contributed by atoms with Crippen molar-refractivity contribution in [2.45, 2.75) is 115 Å². The zero-order valence-corrected chi connectivity index (χ0v) is 23.7. The van der Waals surface area contributed by atoms with Gasteiger partial charge in [0.1, 0.15) is 6.10 Å². The Morgan fingerprint density at radius 2 is 1.89 bits per heavy atom. The van der Waals surface area contributed by atoms with Crippen molar-refractivity contribution in [2.24, 2.45) is 29.6 Å². The lowest BCUT2D eigenvalue weighted by Crippen LogP contribution is -2.33. The third-order valence-corrected chi connectivity index (χ3v) is 9.14. The maximum Gasteiger partial charge on any atom is 0.330 e. The molecule has 0 aromatic rings. The first-order valence-corrected chi connectivity index (χ1v) is 15.3. The monoisotopic (exact) mass is 522 g/mol. The molecule has 0 aromatic carbocycles. The van der Waals surface area contributed by atoms with Gasteiger partial charge in [-0.1, -0.05) is 68.5 Å². The maximum absolute atomic E-state index is 13.0. The van der Waals surface area contributed by atoms with Crippen LogP contribution in [0.4, 0.5) is 0 Å². The first kappa shape index (κ1) is 29.1. The summed E-state index contributed by atoms with van der Waals surface area (Å²) < 4.78 is 12.5. The second kappa shape index (κ2) is 14.5. The molecule has 1 saturated carbocycles. The summed E-state index contributed by atoms with van der Waals surface area (Å²) in [5.74, 6) is 1.33. The van der Waals surface area contributed by atoms with Gasteiger partial charge in [0.2, 0.25) is 0 Å². The molecule has 38 heavy (non-hydrogen) atoms. The summed E-state index contributed by atoms with van der Waals surface area (Å²) >= 11 is 0. The van der Waals surface area contributed by atoms with Gasteiger partial charge in [-0.15, -0.1) is 0 Å². The van der Waals surface area contributed by atoms with Crippen molar-refractivity contribution >= 4 is 5.97 Å². The van der Waals surface area contributed by atoms with Crippen LogP contribution in [0, 0.1) is 29.6 Å². The van der Waals surface area contributed by atoms with E-state index in [1.54, 1.807) is 6.08 Å². The minimum Gasteiger partial charge on any atom is -0.459 e. The standard InChI is InChI=1S/C34H50O4/c1-24-10-7-13-29-14-8-15-30(37-29)16-9-17-34(36)38-33(23-25(2)26(3)32(35)22-24)31(28-19-20-28)21-18-27-11-5-4-6-12-27/h5,8-9,11,15,17-18,21,25-33,35H,1,4,6-7,10,12-14,16,19-20,22-23H2,2-3H3/b17-9-,21-18+/t25-,26?,27?,29+,30?,31?,32-,33?/m0/s1. The van der Waals surface area contributed by atoms with Crippen LogP contribution in [0.1, 0.15) is 90.9 Å². The zero-order valence-electron chi connectivity index (χ0n) is 23.7. The summed E-state index contributed by atoms with van der Waals surface area (Å²) in [4.78, 5) is 13.0. The Labute approximate surface area is 230 Å². The van der Waals surface area contributed by atoms with E-state index < -0.39 is 6.10 Å². The Hall–Kier alpha value is -1.91. The summed E-state index contributed by atoms with van der Waals surface area (Å²) in [6.07, 6.45) is 28.6. The molecule has 8 atom stereocenters. The number of carbonyl (C=O) groups is 1. The van der Waals surface area contributed by atoms with Gasteiger partial charge in [0.15, 0.2) is 0 Å². The highest BCUT2D eigenvalue weighted by atomic mass is 16.5. The Balaban J connectivity index is 1.51. The topological polar surface area (TPSA) is 55.8 Å². The molecule has 1 N–H and O–H groups in total. The molecule has 2 aliphatic carbocycles. The van der Waals surface area contributed by atoms with Crippen LogP contribution >= 0.6 is 0 Å². The molecular weight excluding hydrogens is 472 g/mol. The van der Waals surface area contributed by atoms with Crippen LogP contribution in [0.5, 0.6) is 0 Å². The second-order valence-corrected chi connectivity index (χ2v) is 12.4. The van der Waals surface area contributed by atoms with E-state index in [0.29, 0.717) is 24.7 Å². The number of ether oxygens (including phenoxy) is 2. The zero-order chi connectivity index (χ0) is 26.9. The molecule has 4 aliphatic rings. The van der Waals surface area contributed by atoms with Gasteiger partial charge in [-0.2, -0.15) is 0 Å². The fraction of sp³-hybridized carbons (Fsp3) is 0.676. The molecule has 4 heteroatoms. The van der Waals surface area contributed by atoms with Crippen molar-refractivity contribution in [3.8, 4) is 0 Å². The number of hydrogen-bond donors (Lipinski definition) is 1. The van der Waals surface area contributed by atoms with Gasteiger partial charge < -0.3 is 14.6 Å². The summed E-state index contributed by atoms with van der Waals surface area (Å²) in [5, 5.41) is 11.1. The highest BCUT2D eigenvalue weighted by Crippen LogP contribution is 2.43. The van der Waals surface area contributed by atoms with E-state index in [9.17, 15) is 9.90 Å². The first-order chi connectivity index (χ1) is 18.4. The van der Waals surface area contributed by atoms with E-state index in [2.05, 4.69) is 56.9 Å². The van der Waals surface area contributed by atoms with Gasteiger partial charge >= 0.3 is 5.97 Å². The molecule has 2 aliphatic heterocycles. The smallest absolute Gasteiger partial charge is 0.330 e. The number of hydrogen-bond acceptors (Lipinski definition) is 4. The largest absolute Gasteiger partial charge is 0.459 e. The van der Waals surface area contributed by atoms with Gasteiger partial charge in [0, 0.05) is 12.0 Å². The van der Waals surface area contributed by atoms with Crippen molar-refractivity contribution in [1.29, 1.82) is 0 Å². The lowest BCUT2D eigenvalue weighted by Gasteiger charge is -2.32. The predicted octanol–water partition coefficient (Wildman–Crippen LogP) is 7.65. The molecule has 2 bridgehead atoms. The van der Waals surface area contributed by atoms with Crippen LogP contribution in [0.25, 0.3) is 0 Å². The second-order valence-electron chi connectivity index (χ2n) is 12.4. The van der Waals surface area contributed by atoms with Crippen LogP contribution in [-0.2, 0) is 14.3 Å². The Morgan fingerprint density at radius 1 is 1.05 bits per heavy atom. The van der Waals surface area contributed by atoms with Crippen LogP contribution in [-0.4, -0.2) is 35.5 Å².